The summed E-state index contributed by atoms with van der Waals surface area (Å²) in [6.07, 6.45) is 7.35. The molecule has 0 aliphatic rings. The SMILES string of the molecule is CCCCCOC(C)CCCc1ccc(O)cc1. The molecule has 0 aliphatic heterocycles. The average molecular weight is 250 g/mol. The second kappa shape index (κ2) is 8.98. The van der Waals surface area contributed by atoms with Gasteiger partial charge in [0.2, 0.25) is 0 Å². The zero-order chi connectivity index (χ0) is 13.2. The predicted octanol–water partition coefficient (Wildman–Crippen LogP) is 4.31. The molecule has 0 spiro atoms. The lowest BCUT2D eigenvalue weighted by Crippen LogP contribution is -2.09. The molecule has 1 aromatic carbocycles. The number of phenolic OH excluding ortho intramolecular Hbond substituents is 1. The first kappa shape index (κ1) is 15.0. The van der Waals surface area contributed by atoms with E-state index in [-0.39, 0.29) is 0 Å². The van der Waals surface area contributed by atoms with Gasteiger partial charge in [-0.25, -0.2) is 0 Å². The van der Waals surface area contributed by atoms with Crippen LogP contribution in [0, 0.1) is 0 Å². The maximum absolute atomic E-state index is 9.19. The van der Waals surface area contributed by atoms with Crippen molar-refractivity contribution in [2.24, 2.45) is 0 Å². The van der Waals surface area contributed by atoms with E-state index in [1.807, 2.05) is 12.1 Å². The van der Waals surface area contributed by atoms with Gasteiger partial charge in [-0.1, -0.05) is 31.9 Å². The first-order valence-electron chi connectivity index (χ1n) is 7.12. The van der Waals surface area contributed by atoms with Crippen molar-refractivity contribution in [3.63, 3.8) is 0 Å². The molecule has 102 valence electrons. The standard InChI is InChI=1S/C16H26O2/c1-3-4-5-13-18-14(2)7-6-8-15-9-11-16(17)12-10-15/h9-12,14,17H,3-8,13H2,1-2H3. The Kier molecular flexibility index (Phi) is 7.51. The monoisotopic (exact) mass is 250 g/mol. The third kappa shape index (κ3) is 6.65. The van der Waals surface area contributed by atoms with E-state index in [9.17, 15) is 5.11 Å². The van der Waals surface area contributed by atoms with Crippen molar-refractivity contribution in [2.75, 3.05) is 6.61 Å². The number of rotatable bonds is 9. The molecule has 1 rings (SSSR count). The van der Waals surface area contributed by atoms with Crippen molar-refractivity contribution < 1.29 is 9.84 Å². The van der Waals surface area contributed by atoms with Crippen molar-refractivity contribution >= 4 is 0 Å². The molecule has 1 atom stereocenters. The number of hydrogen-bond acceptors (Lipinski definition) is 2. The smallest absolute Gasteiger partial charge is 0.115 e. The summed E-state index contributed by atoms with van der Waals surface area (Å²) in [7, 11) is 0. The van der Waals surface area contributed by atoms with Crippen molar-refractivity contribution in [3.8, 4) is 5.75 Å². The van der Waals surface area contributed by atoms with Crippen LogP contribution in [-0.4, -0.2) is 17.8 Å². The van der Waals surface area contributed by atoms with Crippen LogP contribution in [0.5, 0.6) is 5.75 Å². The molecule has 2 heteroatoms. The first-order valence-corrected chi connectivity index (χ1v) is 7.12. The predicted molar refractivity (Wildman–Crippen MR) is 76.0 cm³/mol. The van der Waals surface area contributed by atoms with Crippen LogP contribution in [0.4, 0.5) is 0 Å². The molecule has 0 aromatic heterocycles. The molecule has 2 nitrogen and oxygen atoms in total. The Labute approximate surface area is 111 Å². The largest absolute Gasteiger partial charge is 0.508 e. The molecular weight excluding hydrogens is 224 g/mol. The van der Waals surface area contributed by atoms with Gasteiger partial charge in [-0.2, -0.15) is 0 Å². The van der Waals surface area contributed by atoms with Crippen LogP contribution in [0.1, 0.15) is 51.5 Å². The van der Waals surface area contributed by atoms with E-state index >= 15 is 0 Å². The number of phenols is 1. The first-order chi connectivity index (χ1) is 8.72. The summed E-state index contributed by atoms with van der Waals surface area (Å²) in [6, 6.07) is 7.48. The average Bonchev–Trinajstić information content (AvgIpc) is 2.37. The van der Waals surface area contributed by atoms with Crippen molar-refractivity contribution in [1.29, 1.82) is 0 Å². The summed E-state index contributed by atoms with van der Waals surface area (Å²) >= 11 is 0. The molecule has 0 bridgehead atoms. The number of benzene rings is 1. The van der Waals surface area contributed by atoms with E-state index in [0.29, 0.717) is 11.9 Å². The van der Waals surface area contributed by atoms with Gasteiger partial charge in [0.05, 0.1) is 6.10 Å². The zero-order valence-electron chi connectivity index (χ0n) is 11.7. The molecule has 1 aromatic rings. The highest BCUT2D eigenvalue weighted by Crippen LogP contribution is 2.13. The minimum Gasteiger partial charge on any atom is -0.508 e. The second-order valence-electron chi connectivity index (χ2n) is 4.95. The second-order valence-corrected chi connectivity index (χ2v) is 4.95. The Hall–Kier alpha value is -1.02. The lowest BCUT2D eigenvalue weighted by Gasteiger charge is -2.12. The quantitative estimate of drug-likeness (QED) is 0.662. The molecular formula is C16H26O2. The van der Waals surface area contributed by atoms with Gasteiger partial charge in [0.25, 0.3) is 0 Å². The van der Waals surface area contributed by atoms with E-state index < -0.39 is 0 Å². The fourth-order valence-corrected chi connectivity index (χ4v) is 1.98. The van der Waals surface area contributed by atoms with Gasteiger partial charge >= 0.3 is 0 Å². The molecule has 0 saturated heterocycles. The number of aryl methyl sites for hydroxylation is 1. The van der Waals surface area contributed by atoms with Gasteiger partial charge in [0, 0.05) is 6.61 Å². The lowest BCUT2D eigenvalue weighted by atomic mass is 10.1. The molecule has 1 N–H and O–H groups in total. The Morgan fingerprint density at radius 1 is 1.11 bits per heavy atom. The highest BCUT2D eigenvalue weighted by molar-refractivity contribution is 5.25. The summed E-state index contributed by atoms with van der Waals surface area (Å²) in [5, 5.41) is 9.19. The van der Waals surface area contributed by atoms with Crippen molar-refractivity contribution in [1.82, 2.24) is 0 Å². The molecule has 0 heterocycles. The Bertz CT molecular complexity index is 305. The van der Waals surface area contributed by atoms with Gasteiger partial charge < -0.3 is 9.84 Å². The normalized spacial score (nSPS) is 12.6. The number of unbranched alkanes of at least 4 members (excludes halogenated alkanes) is 2. The van der Waals surface area contributed by atoms with Crippen molar-refractivity contribution in [3.05, 3.63) is 29.8 Å². The van der Waals surface area contributed by atoms with Crippen LogP contribution in [-0.2, 0) is 11.2 Å². The van der Waals surface area contributed by atoms with Crippen LogP contribution >= 0.6 is 0 Å². The van der Waals surface area contributed by atoms with Crippen LogP contribution in [0.25, 0.3) is 0 Å². The van der Waals surface area contributed by atoms with Crippen LogP contribution < -0.4 is 0 Å². The lowest BCUT2D eigenvalue weighted by molar-refractivity contribution is 0.0564. The summed E-state index contributed by atoms with van der Waals surface area (Å²) < 4.78 is 5.76. The molecule has 0 aliphatic carbocycles. The Morgan fingerprint density at radius 2 is 1.83 bits per heavy atom. The van der Waals surface area contributed by atoms with Gasteiger partial charge in [-0.15, -0.1) is 0 Å². The van der Waals surface area contributed by atoms with E-state index in [0.717, 1.165) is 25.9 Å². The fourth-order valence-electron chi connectivity index (χ4n) is 1.98. The van der Waals surface area contributed by atoms with Gasteiger partial charge in [-0.05, 0) is 50.3 Å². The highest BCUT2D eigenvalue weighted by atomic mass is 16.5. The Balaban J connectivity index is 2.07. The van der Waals surface area contributed by atoms with E-state index in [1.54, 1.807) is 12.1 Å². The minimum atomic E-state index is 0.339. The number of hydrogen-bond donors (Lipinski definition) is 1. The maximum Gasteiger partial charge on any atom is 0.115 e. The summed E-state index contributed by atoms with van der Waals surface area (Å²) in [5.74, 6) is 0.339. The van der Waals surface area contributed by atoms with Crippen LogP contribution in [0.2, 0.25) is 0 Å². The van der Waals surface area contributed by atoms with E-state index in [1.165, 1.54) is 24.8 Å². The third-order valence-electron chi connectivity index (χ3n) is 3.16. The number of ether oxygens (including phenoxy) is 1. The molecule has 1 unspecified atom stereocenters. The summed E-state index contributed by atoms with van der Waals surface area (Å²) in [6.45, 7) is 5.26. The zero-order valence-corrected chi connectivity index (χ0v) is 11.7. The van der Waals surface area contributed by atoms with Gasteiger partial charge in [0.1, 0.15) is 5.75 Å². The van der Waals surface area contributed by atoms with Gasteiger partial charge in [-0.3, -0.25) is 0 Å². The Morgan fingerprint density at radius 3 is 2.50 bits per heavy atom. The molecule has 0 amide bonds. The topological polar surface area (TPSA) is 29.5 Å². The van der Waals surface area contributed by atoms with E-state index in [4.69, 9.17) is 4.74 Å². The van der Waals surface area contributed by atoms with Crippen molar-refractivity contribution in [2.45, 2.75) is 58.5 Å². The molecule has 0 saturated carbocycles. The minimum absolute atomic E-state index is 0.339. The summed E-state index contributed by atoms with van der Waals surface area (Å²) in [5.41, 5.74) is 1.28. The molecule has 0 fully saturated rings. The van der Waals surface area contributed by atoms with E-state index in [2.05, 4.69) is 13.8 Å². The summed E-state index contributed by atoms with van der Waals surface area (Å²) in [4.78, 5) is 0. The molecule has 0 radical (unpaired) electrons. The van der Waals surface area contributed by atoms with Crippen LogP contribution in [0.3, 0.4) is 0 Å². The third-order valence-corrected chi connectivity index (χ3v) is 3.16. The maximum atomic E-state index is 9.19. The highest BCUT2D eigenvalue weighted by Gasteiger charge is 2.02. The number of aromatic hydroxyl groups is 1. The van der Waals surface area contributed by atoms with Crippen LogP contribution in [0.15, 0.2) is 24.3 Å². The van der Waals surface area contributed by atoms with Gasteiger partial charge in [0.15, 0.2) is 0 Å². The molecule has 18 heavy (non-hydrogen) atoms. The fraction of sp³-hybridized carbons (Fsp3) is 0.625.